The van der Waals surface area contributed by atoms with Crippen LogP contribution in [0.5, 0.6) is 5.75 Å². The summed E-state index contributed by atoms with van der Waals surface area (Å²) in [6.45, 7) is 0.191. The third-order valence-corrected chi connectivity index (χ3v) is 6.49. The minimum atomic E-state index is -0.437. The van der Waals surface area contributed by atoms with Crippen molar-refractivity contribution in [1.29, 1.82) is 5.26 Å². The van der Waals surface area contributed by atoms with E-state index in [2.05, 4.69) is 50.5 Å². The van der Waals surface area contributed by atoms with E-state index >= 15 is 0 Å². The van der Waals surface area contributed by atoms with Gasteiger partial charge in [-0.1, -0.05) is 25.0 Å². The van der Waals surface area contributed by atoms with Gasteiger partial charge in [-0.15, -0.1) is 0 Å². The second-order valence-corrected chi connectivity index (χ2v) is 9.48. The topological polar surface area (TPSA) is 105 Å². The number of carbonyl (C=O) groups is 1. The predicted octanol–water partition coefficient (Wildman–Crippen LogP) is 5.35. The Morgan fingerprint density at radius 2 is 1.94 bits per heavy atom. The fourth-order valence-electron chi connectivity index (χ4n) is 3.36. The van der Waals surface area contributed by atoms with Gasteiger partial charge in [-0.2, -0.15) is 5.26 Å². The molecule has 9 heteroatoms. The Morgan fingerprint density at radius 3 is 2.55 bits per heavy atom. The van der Waals surface area contributed by atoms with E-state index < -0.39 is 4.92 Å². The molecular formula is C22H19I2N3O4. The molecule has 160 valence electrons. The summed E-state index contributed by atoms with van der Waals surface area (Å²) in [7, 11) is 0. The Bertz CT molecular complexity index is 1050. The average molecular weight is 643 g/mol. The van der Waals surface area contributed by atoms with Crippen molar-refractivity contribution in [3.8, 4) is 11.8 Å². The first-order valence-corrected chi connectivity index (χ1v) is 11.8. The fraction of sp³-hybridized carbons (Fsp3) is 0.273. The van der Waals surface area contributed by atoms with Crippen LogP contribution in [0.4, 0.5) is 5.69 Å². The van der Waals surface area contributed by atoms with Crippen molar-refractivity contribution < 1.29 is 14.5 Å². The van der Waals surface area contributed by atoms with Crippen LogP contribution >= 0.6 is 45.2 Å². The van der Waals surface area contributed by atoms with Crippen molar-refractivity contribution in [2.24, 2.45) is 0 Å². The summed E-state index contributed by atoms with van der Waals surface area (Å²) in [6, 6.07) is 12.1. The highest BCUT2D eigenvalue weighted by molar-refractivity contribution is 14.1. The van der Waals surface area contributed by atoms with Gasteiger partial charge in [-0.3, -0.25) is 14.9 Å². The molecule has 1 aliphatic carbocycles. The molecule has 1 aliphatic rings. The summed E-state index contributed by atoms with van der Waals surface area (Å²) in [4.78, 5) is 22.9. The number of carbonyl (C=O) groups excluding carboxylic acids is 1. The molecular weight excluding hydrogens is 624 g/mol. The molecule has 1 fully saturated rings. The Balaban J connectivity index is 1.74. The number of rotatable bonds is 7. The van der Waals surface area contributed by atoms with Crippen molar-refractivity contribution in [2.75, 3.05) is 0 Å². The van der Waals surface area contributed by atoms with Crippen molar-refractivity contribution in [3.63, 3.8) is 0 Å². The first-order valence-electron chi connectivity index (χ1n) is 9.65. The molecule has 1 amide bonds. The second kappa shape index (κ2) is 10.9. The van der Waals surface area contributed by atoms with E-state index in [9.17, 15) is 20.2 Å². The van der Waals surface area contributed by atoms with E-state index in [1.54, 1.807) is 18.2 Å². The lowest BCUT2D eigenvalue weighted by Gasteiger charge is -2.13. The summed E-state index contributed by atoms with van der Waals surface area (Å²) >= 11 is 4.27. The van der Waals surface area contributed by atoms with E-state index in [0.717, 1.165) is 38.4 Å². The van der Waals surface area contributed by atoms with Gasteiger partial charge in [-0.05, 0) is 87.4 Å². The summed E-state index contributed by atoms with van der Waals surface area (Å²) in [5, 5.41) is 23.3. The van der Waals surface area contributed by atoms with Gasteiger partial charge in [0.2, 0.25) is 0 Å². The van der Waals surface area contributed by atoms with Gasteiger partial charge in [0.25, 0.3) is 11.6 Å². The number of nitrogens with zero attached hydrogens (tertiary/aromatic N) is 2. The van der Waals surface area contributed by atoms with Crippen LogP contribution < -0.4 is 10.1 Å². The number of hydrogen-bond donors (Lipinski definition) is 1. The number of non-ortho nitro benzene ring substituents is 1. The molecule has 2 aromatic carbocycles. The number of nitriles is 1. The molecule has 0 atom stereocenters. The number of ether oxygens (including phenoxy) is 1. The molecule has 0 unspecified atom stereocenters. The predicted molar refractivity (Wildman–Crippen MR) is 133 cm³/mol. The first-order chi connectivity index (χ1) is 14.9. The van der Waals surface area contributed by atoms with Gasteiger partial charge in [0.1, 0.15) is 24.0 Å². The van der Waals surface area contributed by atoms with E-state index in [0.29, 0.717) is 11.3 Å². The van der Waals surface area contributed by atoms with Gasteiger partial charge >= 0.3 is 0 Å². The molecule has 3 rings (SSSR count). The summed E-state index contributed by atoms with van der Waals surface area (Å²) in [6.07, 6.45) is 5.70. The number of halogens is 2. The van der Waals surface area contributed by atoms with Crippen molar-refractivity contribution >= 4 is 62.9 Å². The molecule has 0 heterocycles. The molecule has 2 aromatic rings. The lowest BCUT2D eigenvalue weighted by Crippen LogP contribution is -2.33. The largest absolute Gasteiger partial charge is 0.487 e. The van der Waals surface area contributed by atoms with Crippen molar-refractivity contribution in [1.82, 2.24) is 5.32 Å². The monoisotopic (exact) mass is 643 g/mol. The summed E-state index contributed by atoms with van der Waals surface area (Å²) in [5.41, 5.74) is 1.52. The van der Waals surface area contributed by atoms with Gasteiger partial charge in [-0.25, -0.2) is 0 Å². The Kier molecular flexibility index (Phi) is 8.25. The van der Waals surface area contributed by atoms with E-state index in [-0.39, 0.29) is 29.8 Å². The number of benzene rings is 2. The van der Waals surface area contributed by atoms with E-state index in [4.69, 9.17) is 4.74 Å². The lowest BCUT2D eigenvalue weighted by atomic mass is 10.1. The SMILES string of the molecule is N#C/C(=C/c1cc(I)c(OCc2cccc([N+](=O)[O-])c2)c(I)c1)C(=O)NC1CCCC1. The zero-order chi connectivity index (χ0) is 22.4. The molecule has 1 saturated carbocycles. The third-order valence-electron chi connectivity index (χ3n) is 4.89. The molecule has 0 saturated heterocycles. The van der Waals surface area contributed by atoms with Gasteiger partial charge in [0.15, 0.2) is 0 Å². The minimum Gasteiger partial charge on any atom is -0.487 e. The Morgan fingerprint density at radius 1 is 1.26 bits per heavy atom. The molecule has 0 radical (unpaired) electrons. The van der Waals surface area contributed by atoms with Gasteiger partial charge < -0.3 is 10.1 Å². The highest BCUT2D eigenvalue weighted by Crippen LogP contribution is 2.31. The van der Waals surface area contributed by atoms with E-state index in [1.165, 1.54) is 12.1 Å². The number of nitro groups is 1. The number of nitrogens with one attached hydrogen (secondary N) is 1. The van der Waals surface area contributed by atoms with Crippen LogP contribution in [0.1, 0.15) is 36.8 Å². The lowest BCUT2D eigenvalue weighted by molar-refractivity contribution is -0.384. The molecule has 0 bridgehead atoms. The first kappa shape index (κ1) is 23.5. The van der Waals surface area contributed by atoms with Crippen LogP contribution in [-0.2, 0) is 11.4 Å². The number of nitro benzene ring substituents is 1. The molecule has 0 spiro atoms. The van der Waals surface area contributed by atoms with Crippen LogP contribution in [0, 0.1) is 28.6 Å². The molecule has 0 aromatic heterocycles. The van der Waals surface area contributed by atoms with Gasteiger partial charge in [0.05, 0.1) is 12.1 Å². The van der Waals surface area contributed by atoms with Gasteiger partial charge in [0, 0.05) is 18.2 Å². The smallest absolute Gasteiger partial charge is 0.269 e. The van der Waals surface area contributed by atoms with Crippen LogP contribution in [0.15, 0.2) is 42.0 Å². The van der Waals surface area contributed by atoms with E-state index in [1.807, 2.05) is 18.2 Å². The maximum absolute atomic E-state index is 12.4. The Labute approximate surface area is 207 Å². The van der Waals surface area contributed by atoms with Crippen LogP contribution in [0.3, 0.4) is 0 Å². The summed E-state index contributed by atoms with van der Waals surface area (Å²) < 4.78 is 7.54. The molecule has 7 nitrogen and oxygen atoms in total. The third kappa shape index (κ3) is 6.39. The number of amides is 1. The normalized spacial score (nSPS) is 14.2. The quantitative estimate of drug-likeness (QED) is 0.144. The Hall–Kier alpha value is -2.20. The van der Waals surface area contributed by atoms with Crippen LogP contribution in [-0.4, -0.2) is 16.9 Å². The molecule has 0 aliphatic heterocycles. The summed E-state index contributed by atoms with van der Waals surface area (Å²) in [5.74, 6) is 0.309. The van der Waals surface area contributed by atoms with Crippen molar-refractivity contribution in [3.05, 3.63) is 70.4 Å². The minimum absolute atomic E-state index is 0.0193. The zero-order valence-corrected chi connectivity index (χ0v) is 20.8. The molecule has 31 heavy (non-hydrogen) atoms. The maximum Gasteiger partial charge on any atom is 0.269 e. The average Bonchev–Trinajstić information content (AvgIpc) is 3.24. The maximum atomic E-state index is 12.4. The van der Waals surface area contributed by atoms with Crippen LogP contribution in [0.2, 0.25) is 0 Å². The van der Waals surface area contributed by atoms with Crippen LogP contribution in [0.25, 0.3) is 6.08 Å². The second-order valence-electron chi connectivity index (χ2n) is 7.15. The fourth-order valence-corrected chi connectivity index (χ4v) is 5.49. The standard InChI is InChI=1S/C22H19I2N3O4/c23-19-10-15(8-16(12-25)22(28)26-17-5-1-2-6-17)11-20(24)21(19)31-13-14-4-3-7-18(9-14)27(29)30/h3-4,7-11,17H,1-2,5-6,13H2,(H,26,28)/b16-8-. The highest BCUT2D eigenvalue weighted by atomic mass is 127. The molecule has 1 N–H and O–H groups in total. The highest BCUT2D eigenvalue weighted by Gasteiger charge is 2.19. The number of hydrogen-bond acceptors (Lipinski definition) is 5. The van der Waals surface area contributed by atoms with Crippen molar-refractivity contribution in [2.45, 2.75) is 38.3 Å². The zero-order valence-electron chi connectivity index (χ0n) is 16.4.